The molecule has 2 heterocycles. The number of hydrogen-bond acceptors (Lipinski definition) is 6. The Morgan fingerprint density at radius 3 is 2.65 bits per heavy atom. The first-order valence-corrected chi connectivity index (χ1v) is 12.3. The molecule has 2 amide bonds. The van der Waals surface area contributed by atoms with Gasteiger partial charge < -0.3 is 24.4 Å². The summed E-state index contributed by atoms with van der Waals surface area (Å²) in [5, 5.41) is 3.04. The van der Waals surface area contributed by atoms with E-state index in [0.717, 1.165) is 69.3 Å². The topological polar surface area (TPSA) is 80.3 Å². The molecule has 0 bridgehead atoms. The van der Waals surface area contributed by atoms with Crippen LogP contribution >= 0.6 is 0 Å². The minimum atomic E-state index is -0.401. The van der Waals surface area contributed by atoms with Crippen LogP contribution in [0.5, 0.6) is 0 Å². The normalized spacial score (nSPS) is 24.4. The molecular weight excluding hydrogens is 441 g/mol. The molecule has 2 atom stereocenters. The first-order chi connectivity index (χ1) is 16.5. The van der Waals surface area contributed by atoms with Crippen LogP contribution < -0.4 is 10.2 Å². The molecule has 1 saturated heterocycles. The summed E-state index contributed by atoms with van der Waals surface area (Å²) >= 11 is 0. The van der Waals surface area contributed by atoms with Crippen molar-refractivity contribution in [1.82, 2.24) is 10.2 Å². The smallest absolute Gasteiger partial charge is 0.414 e. The van der Waals surface area contributed by atoms with Crippen LogP contribution in [0.15, 0.2) is 18.2 Å². The lowest BCUT2D eigenvalue weighted by Gasteiger charge is -2.43. The zero-order chi connectivity index (χ0) is 24.1. The van der Waals surface area contributed by atoms with Gasteiger partial charge in [-0.05, 0) is 69.0 Å². The van der Waals surface area contributed by atoms with E-state index in [9.17, 15) is 14.0 Å². The number of ether oxygens (including phenoxy) is 3. The second-order valence-corrected chi connectivity index (χ2v) is 9.68. The van der Waals surface area contributed by atoms with Crippen molar-refractivity contribution in [3.05, 3.63) is 29.6 Å². The van der Waals surface area contributed by atoms with E-state index in [1.54, 1.807) is 24.1 Å². The molecule has 3 aliphatic rings. The minimum absolute atomic E-state index is 0.0922. The number of hydrogen-bond donors (Lipinski definition) is 1. The SMILES string of the molecule is COCCOC(=O)NC1CCCCC(N2CCC3(CC2)CN(C(=O)OC)c2ccc(F)cc23)C1. The highest BCUT2D eigenvalue weighted by Gasteiger charge is 2.47. The van der Waals surface area contributed by atoms with E-state index in [-0.39, 0.29) is 30.0 Å². The highest BCUT2D eigenvalue weighted by atomic mass is 19.1. The molecule has 188 valence electrons. The molecule has 1 aromatic carbocycles. The maximum absolute atomic E-state index is 14.2. The highest BCUT2D eigenvalue weighted by Crippen LogP contribution is 2.48. The predicted molar refractivity (Wildman–Crippen MR) is 126 cm³/mol. The van der Waals surface area contributed by atoms with Gasteiger partial charge in [0.05, 0.1) is 19.4 Å². The molecule has 8 nitrogen and oxygen atoms in total. The number of likely N-dealkylation sites (tertiary alicyclic amines) is 1. The van der Waals surface area contributed by atoms with Crippen LogP contribution in [0.2, 0.25) is 0 Å². The average Bonchev–Trinajstić information content (AvgIpc) is 2.97. The Morgan fingerprint density at radius 2 is 1.91 bits per heavy atom. The van der Waals surface area contributed by atoms with Crippen LogP contribution in [0.25, 0.3) is 0 Å². The Balaban J connectivity index is 1.39. The van der Waals surface area contributed by atoms with Gasteiger partial charge in [-0.15, -0.1) is 0 Å². The molecule has 2 fully saturated rings. The van der Waals surface area contributed by atoms with Crippen LogP contribution in [0.3, 0.4) is 0 Å². The fourth-order valence-corrected chi connectivity index (χ4v) is 5.88. The van der Waals surface area contributed by atoms with Crippen molar-refractivity contribution < 1.29 is 28.2 Å². The first-order valence-electron chi connectivity index (χ1n) is 12.3. The number of fused-ring (bicyclic) bond motifs is 2. The molecule has 34 heavy (non-hydrogen) atoms. The van der Waals surface area contributed by atoms with Gasteiger partial charge in [-0.2, -0.15) is 0 Å². The number of halogens is 1. The third kappa shape index (κ3) is 5.30. The molecule has 1 spiro atoms. The zero-order valence-electron chi connectivity index (χ0n) is 20.2. The molecule has 0 aromatic heterocycles. The van der Waals surface area contributed by atoms with Crippen molar-refractivity contribution >= 4 is 17.9 Å². The van der Waals surface area contributed by atoms with Gasteiger partial charge in [-0.1, -0.05) is 12.8 Å². The van der Waals surface area contributed by atoms with Crippen molar-refractivity contribution in [1.29, 1.82) is 0 Å². The Morgan fingerprint density at radius 1 is 1.15 bits per heavy atom. The standard InChI is InChI=1S/C25H36FN3O5/c1-32-13-14-34-23(30)27-19-5-3-4-6-20(16-19)28-11-9-25(10-12-28)17-29(24(31)33-2)22-8-7-18(26)15-21(22)25/h7-8,15,19-20H,3-6,9-14,16-17H2,1-2H3,(H,27,30). The monoisotopic (exact) mass is 477 g/mol. The van der Waals surface area contributed by atoms with Crippen molar-refractivity contribution in [3.63, 3.8) is 0 Å². The van der Waals surface area contributed by atoms with Crippen LogP contribution in [0, 0.1) is 5.82 Å². The van der Waals surface area contributed by atoms with Gasteiger partial charge in [-0.25, -0.2) is 14.0 Å². The lowest BCUT2D eigenvalue weighted by atomic mass is 9.74. The summed E-state index contributed by atoms with van der Waals surface area (Å²) in [6, 6.07) is 5.16. The second kappa shape index (κ2) is 10.9. The number of benzene rings is 1. The van der Waals surface area contributed by atoms with Crippen LogP contribution in [-0.2, 0) is 19.6 Å². The van der Waals surface area contributed by atoms with Gasteiger partial charge in [0.25, 0.3) is 0 Å². The number of carbonyl (C=O) groups excluding carboxylic acids is 2. The van der Waals surface area contributed by atoms with Gasteiger partial charge in [0, 0.05) is 31.2 Å². The van der Waals surface area contributed by atoms with Gasteiger partial charge >= 0.3 is 12.2 Å². The predicted octanol–water partition coefficient (Wildman–Crippen LogP) is 3.82. The fraction of sp³-hybridized carbons (Fsp3) is 0.680. The van der Waals surface area contributed by atoms with Crippen molar-refractivity contribution in [2.75, 3.05) is 52.0 Å². The Labute approximate surface area is 200 Å². The van der Waals surface area contributed by atoms with E-state index in [0.29, 0.717) is 19.2 Å². The van der Waals surface area contributed by atoms with E-state index in [4.69, 9.17) is 14.2 Å². The Bertz CT molecular complexity index is 874. The fourth-order valence-electron chi connectivity index (χ4n) is 5.88. The number of methoxy groups -OCH3 is 2. The van der Waals surface area contributed by atoms with Gasteiger partial charge in [0.1, 0.15) is 12.4 Å². The summed E-state index contributed by atoms with van der Waals surface area (Å²) in [5.74, 6) is -0.276. The zero-order valence-corrected chi connectivity index (χ0v) is 20.2. The van der Waals surface area contributed by atoms with E-state index >= 15 is 0 Å². The number of alkyl carbamates (subject to hydrolysis) is 1. The van der Waals surface area contributed by atoms with E-state index in [2.05, 4.69) is 10.2 Å². The lowest BCUT2D eigenvalue weighted by molar-refractivity contribution is 0.0897. The molecule has 2 unspecified atom stereocenters. The number of rotatable bonds is 5. The largest absolute Gasteiger partial charge is 0.452 e. The minimum Gasteiger partial charge on any atom is -0.452 e. The number of nitrogens with zero attached hydrogens (tertiary/aromatic N) is 2. The molecule has 2 aliphatic heterocycles. The third-order valence-corrected chi connectivity index (χ3v) is 7.69. The van der Waals surface area contributed by atoms with E-state index < -0.39 is 6.09 Å². The van der Waals surface area contributed by atoms with Gasteiger partial charge in [0.2, 0.25) is 0 Å². The first kappa shape index (κ1) is 24.7. The number of piperidine rings is 1. The molecule has 4 rings (SSSR count). The second-order valence-electron chi connectivity index (χ2n) is 9.68. The summed E-state index contributed by atoms with van der Waals surface area (Å²) in [6.45, 7) is 2.91. The van der Waals surface area contributed by atoms with E-state index in [1.165, 1.54) is 13.2 Å². The van der Waals surface area contributed by atoms with E-state index in [1.807, 2.05) is 0 Å². The molecular formula is C25H36FN3O5. The van der Waals surface area contributed by atoms with Crippen molar-refractivity contribution in [2.24, 2.45) is 0 Å². The van der Waals surface area contributed by atoms with Crippen LogP contribution in [0.1, 0.15) is 50.5 Å². The summed E-state index contributed by atoms with van der Waals surface area (Å²) in [4.78, 5) is 28.7. The molecule has 0 radical (unpaired) electrons. The number of carbonyl (C=O) groups is 2. The summed E-state index contributed by atoms with van der Waals surface area (Å²) in [7, 11) is 2.95. The number of amides is 2. The molecule has 1 aliphatic carbocycles. The Hall–Kier alpha value is -2.39. The van der Waals surface area contributed by atoms with Crippen LogP contribution in [-0.4, -0.2) is 76.2 Å². The maximum Gasteiger partial charge on any atom is 0.414 e. The molecule has 1 N–H and O–H groups in total. The summed E-state index contributed by atoms with van der Waals surface area (Å²) < 4.78 is 29.3. The van der Waals surface area contributed by atoms with Crippen molar-refractivity contribution in [3.8, 4) is 0 Å². The Kier molecular flexibility index (Phi) is 7.93. The highest BCUT2D eigenvalue weighted by molar-refractivity contribution is 5.91. The summed E-state index contributed by atoms with van der Waals surface area (Å²) in [6.07, 6.45) is 6.08. The quantitative estimate of drug-likeness (QED) is 0.513. The van der Waals surface area contributed by atoms with Crippen LogP contribution in [0.4, 0.5) is 19.7 Å². The van der Waals surface area contributed by atoms with Gasteiger partial charge in [-0.3, -0.25) is 4.90 Å². The molecule has 1 saturated carbocycles. The van der Waals surface area contributed by atoms with Crippen molar-refractivity contribution in [2.45, 2.75) is 62.4 Å². The molecule has 9 heteroatoms. The maximum atomic E-state index is 14.2. The molecule has 1 aromatic rings. The third-order valence-electron chi connectivity index (χ3n) is 7.69. The summed E-state index contributed by atoms with van der Waals surface area (Å²) in [5.41, 5.74) is 1.42. The average molecular weight is 478 g/mol. The lowest BCUT2D eigenvalue weighted by Crippen LogP contribution is -2.50. The number of nitrogens with one attached hydrogen (secondary N) is 1. The van der Waals surface area contributed by atoms with Gasteiger partial charge in [0.15, 0.2) is 0 Å². The number of anilines is 1.